The predicted octanol–water partition coefficient (Wildman–Crippen LogP) is 7.36. The van der Waals surface area contributed by atoms with Gasteiger partial charge in [0.1, 0.15) is 31.5 Å². The van der Waals surface area contributed by atoms with Crippen molar-refractivity contribution in [1.29, 1.82) is 0 Å². The van der Waals surface area contributed by atoms with Gasteiger partial charge in [0.25, 0.3) is 6.48 Å². The maximum Gasteiger partial charge on any atom is 0.302 e. The van der Waals surface area contributed by atoms with Crippen molar-refractivity contribution in [3.63, 3.8) is 0 Å². The van der Waals surface area contributed by atoms with Gasteiger partial charge >= 0.3 is 11.9 Å². The number of benzene rings is 2. The molecule has 50 heavy (non-hydrogen) atoms. The number of carbonyl (C=O) groups excluding carboxylic acids is 2. The van der Waals surface area contributed by atoms with Crippen LogP contribution in [0.15, 0.2) is 60.7 Å². The summed E-state index contributed by atoms with van der Waals surface area (Å²) in [5.74, 6) is -0.809. The number of esters is 2. The zero-order valence-corrected chi connectivity index (χ0v) is 31.8. The molecule has 0 amide bonds. The Morgan fingerprint density at radius 2 is 1.38 bits per heavy atom. The van der Waals surface area contributed by atoms with Gasteiger partial charge in [0, 0.05) is 33.5 Å². The number of ether oxygens (including phenoxy) is 7. The topological polar surface area (TPSA) is 117 Å². The second-order valence-corrected chi connectivity index (χ2v) is 14.7. The van der Waals surface area contributed by atoms with Crippen LogP contribution in [0.1, 0.15) is 85.0 Å². The van der Waals surface area contributed by atoms with Gasteiger partial charge in [0.2, 0.25) is 0 Å². The zero-order chi connectivity index (χ0) is 36.5. The monoisotopic (exact) mass is 720 g/mol. The third-order valence-electron chi connectivity index (χ3n) is 8.28. The molecule has 1 fully saturated rings. The van der Waals surface area contributed by atoms with Crippen molar-refractivity contribution in [2.24, 2.45) is 5.92 Å². The molecule has 0 spiro atoms. The van der Waals surface area contributed by atoms with E-state index in [4.69, 9.17) is 42.2 Å². The van der Waals surface area contributed by atoms with Gasteiger partial charge in [-0.15, -0.1) is 0 Å². The van der Waals surface area contributed by atoms with Gasteiger partial charge in [-0.3, -0.25) is 9.59 Å². The first-order valence-corrected chi connectivity index (χ1v) is 18.9. The van der Waals surface area contributed by atoms with Crippen molar-refractivity contribution in [2.75, 3.05) is 39.7 Å². The fourth-order valence-corrected chi connectivity index (χ4v) is 7.09. The Bertz CT molecular complexity index is 1180. The lowest BCUT2D eigenvalue weighted by atomic mass is 9.89. The van der Waals surface area contributed by atoms with Crippen LogP contribution in [-0.2, 0) is 51.8 Å². The van der Waals surface area contributed by atoms with E-state index in [1.807, 2.05) is 43.3 Å². The lowest BCUT2D eigenvalue weighted by Gasteiger charge is -2.38. The Kier molecular flexibility index (Phi) is 18.3. The molecule has 0 aliphatic carbocycles. The molecule has 3 rings (SSSR count). The van der Waals surface area contributed by atoms with Gasteiger partial charge in [-0.1, -0.05) is 94.8 Å². The lowest BCUT2D eigenvalue weighted by molar-refractivity contribution is -0.317. The first-order valence-electron chi connectivity index (χ1n) is 17.6. The summed E-state index contributed by atoms with van der Waals surface area (Å²) in [5.41, 5.74) is 1.52. The molecule has 0 radical (unpaired) electrons. The molecular weight excluding hydrogens is 663 g/mol. The first kappa shape index (κ1) is 41.9. The summed E-state index contributed by atoms with van der Waals surface area (Å²) in [4.78, 5) is 22.7. The minimum Gasteiger partial charge on any atom is -0.463 e. The van der Waals surface area contributed by atoms with Crippen LogP contribution in [0.5, 0.6) is 0 Å². The zero-order valence-electron chi connectivity index (χ0n) is 30.9. The molecule has 1 saturated heterocycles. The Balaban J connectivity index is 1.94. The van der Waals surface area contributed by atoms with E-state index in [1.54, 1.807) is 7.11 Å². The van der Waals surface area contributed by atoms with E-state index in [2.05, 4.69) is 52.0 Å². The van der Waals surface area contributed by atoms with Crippen molar-refractivity contribution in [3.05, 3.63) is 71.8 Å². The summed E-state index contributed by atoms with van der Waals surface area (Å²) in [6.07, 6.45) is 0.571. The smallest absolute Gasteiger partial charge is 0.302 e. The number of hydrogen-bond donors (Lipinski definition) is 0. The minimum atomic E-state index is -1.26. The highest BCUT2D eigenvalue weighted by Gasteiger charge is 2.52. The van der Waals surface area contributed by atoms with Gasteiger partial charge in [-0.25, -0.2) is 0 Å². The third-order valence-corrected chi connectivity index (χ3v) is 9.68. The molecule has 1 heterocycles. The molecule has 2 aromatic carbocycles. The predicted molar refractivity (Wildman–Crippen MR) is 190 cm³/mol. The number of rotatable bonds is 23. The molecule has 2 aromatic rings. The fourth-order valence-electron chi connectivity index (χ4n) is 6.07. The highest BCUT2D eigenvalue weighted by molar-refractivity contribution is 7.47. The molecule has 0 aromatic heterocycles. The summed E-state index contributed by atoms with van der Waals surface area (Å²) >= 11 is 0. The van der Waals surface area contributed by atoms with E-state index < -0.39 is 56.8 Å². The van der Waals surface area contributed by atoms with Crippen LogP contribution in [0, 0.1) is 5.92 Å². The van der Waals surface area contributed by atoms with Crippen molar-refractivity contribution in [3.8, 4) is 0 Å². The molecule has 11 nitrogen and oxygen atoms in total. The molecule has 12 heteroatoms. The summed E-state index contributed by atoms with van der Waals surface area (Å²) < 4.78 is 55.0. The molecule has 1 aliphatic heterocycles. The lowest BCUT2D eigenvalue weighted by Crippen LogP contribution is -2.44. The summed E-state index contributed by atoms with van der Waals surface area (Å²) in [6.45, 7) is 12.0. The maximum atomic E-state index is 11.3. The van der Waals surface area contributed by atoms with E-state index >= 15 is 0 Å². The van der Waals surface area contributed by atoms with Crippen LogP contribution in [0.3, 0.4) is 0 Å². The number of carbonyl (C=O) groups is 2. The van der Waals surface area contributed by atoms with Crippen LogP contribution in [0.2, 0.25) is 0 Å². The molecule has 0 saturated carbocycles. The molecule has 0 N–H and O–H groups in total. The molecule has 280 valence electrons. The highest BCUT2D eigenvalue weighted by Crippen LogP contribution is 2.46. The van der Waals surface area contributed by atoms with Gasteiger partial charge in [0.05, 0.1) is 31.0 Å². The second kappa shape index (κ2) is 21.8. The largest absolute Gasteiger partial charge is 0.463 e. The Morgan fingerprint density at radius 1 is 0.840 bits per heavy atom. The summed E-state index contributed by atoms with van der Waals surface area (Å²) in [5, 5.41) is 0. The summed E-state index contributed by atoms with van der Waals surface area (Å²) in [7, 11) is 0.381. The second-order valence-electron chi connectivity index (χ2n) is 12.8. The average molecular weight is 721 g/mol. The molecule has 6 unspecified atom stereocenters. The Hall–Kier alpha value is -2.47. The molecular formula is C38H57O11P. The fraction of sp³-hybridized carbons (Fsp3) is 0.632. The number of hydrogen-bond acceptors (Lipinski definition) is 11. The molecule has 1 aliphatic rings. The third kappa shape index (κ3) is 13.6. The first-order chi connectivity index (χ1) is 24.0. The Labute approximate surface area is 299 Å². The van der Waals surface area contributed by atoms with E-state index in [0.29, 0.717) is 12.6 Å². The van der Waals surface area contributed by atoms with Crippen LogP contribution in [0.25, 0.3) is 0 Å². The quantitative estimate of drug-likeness (QED) is 0.0496. The van der Waals surface area contributed by atoms with Gasteiger partial charge < -0.3 is 42.2 Å². The van der Waals surface area contributed by atoms with Crippen molar-refractivity contribution >= 4 is 20.3 Å². The molecule has 0 bridgehead atoms. The standard InChI is InChI=1S/C38H57O11P/c1-9-21-38(7,48-34(30-17-13-11-14-18-30)31-19-15-12-16-20-31)26-32-35(49-50(10-2)41-8)36(33(46-32)27(3)4)47-37(44-24-22-42-28(5)39)45-25-23-43-29(6)40/h11-20,27,32-37H,9-10,21-26H2,1-8H3. The highest BCUT2D eigenvalue weighted by atomic mass is 31.2. The van der Waals surface area contributed by atoms with E-state index in [-0.39, 0.29) is 38.4 Å². The van der Waals surface area contributed by atoms with Crippen LogP contribution in [0.4, 0.5) is 0 Å². The Morgan fingerprint density at radius 3 is 1.82 bits per heavy atom. The molecule has 6 atom stereocenters. The van der Waals surface area contributed by atoms with Gasteiger partial charge in [-0.2, -0.15) is 0 Å². The van der Waals surface area contributed by atoms with E-state index in [9.17, 15) is 9.59 Å². The normalized spacial score (nSPS) is 21.0. The van der Waals surface area contributed by atoms with E-state index in [0.717, 1.165) is 24.0 Å². The van der Waals surface area contributed by atoms with E-state index in [1.165, 1.54) is 13.8 Å². The van der Waals surface area contributed by atoms with Crippen LogP contribution in [-0.4, -0.2) is 88.1 Å². The van der Waals surface area contributed by atoms with Crippen molar-refractivity contribution in [1.82, 2.24) is 0 Å². The van der Waals surface area contributed by atoms with Crippen molar-refractivity contribution in [2.45, 2.75) is 110 Å². The van der Waals surface area contributed by atoms with Crippen molar-refractivity contribution < 1.29 is 51.8 Å². The van der Waals surface area contributed by atoms with Crippen LogP contribution >= 0.6 is 8.38 Å². The van der Waals surface area contributed by atoms with Crippen LogP contribution < -0.4 is 0 Å². The SMILES string of the molecule is CCCC(C)(CC1OC(C(C)C)C(OC(OCCOC(C)=O)OCCOC(C)=O)C1OP(CC)OC)OC(c1ccccc1)c1ccccc1. The maximum absolute atomic E-state index is 11.3. The summed E-state index contributed by atoms with van der Waals surface area (Å²) in [6, 6.07) is 20.5. The minimum absolute atomic E-state index is 0.0152. The van der Waals surface area contributed by atoms with Gasteiger partial charge in [0.15, 0.2) is 8.38 Å². The average Bonchev–Trinajstić information content (AvgIpc) is 3.42. The van der Waals surface area contributed by atoms with Gasteiger partial charge in [-0.05, 0) is 30.4 Å².